The number of hydrogen-bond donors (Lipinski definition) is 3. The molecule has 6 rings (SSSR count). The average Bonchev–Trinajstić information content (AvgIpc) is 3.42. The zero-order valence-corrected chi connectivity index (χ0v) is 20.0. The summed E-state index contributed by atoms with van der Waals surface area (Å²) in [4.78, 5) is 24.5. The average molecular weight is 494 g/mol. The smallest absolute Gasteiger partial charge is 0.152 e. The van der Waals surface area contributed by atoms with E-state index in [-0.39, 0.29) is 18.1 Å². The highest BCUT2D eigenvalue weighted by Gasteiger charge is 2.46. The van der Waals surface area contributed by atoms with Crippen molar-refractivity contribution in [1.82, 2.24) is 24.9 Å². The van der Waals surface area contributed by atoms with Gasteiger partial charge in [-0.05, 0) is 48.4 Å². The summed E-state index contributed by atoms with van der Waals surface area (Å²) < 4.78 is 0. The van der Waals surface area contributed by atoms with Gasteiger partial charge in [-0.3, -0.25) is 4.98 Å². The Labute approximate surface area is 206 Å². The maximum absolute atomic E-state index is 10.1. The van der Waals surface area contributed by atoms with Gasteiger partial charge in [0, 0.05) is 37.2 Å². The minimum atomic E-state index is -0.186. The van der Waals surface area contributed by atoms with Gasteiger partial charge in [0.25, 0.3) is 0 Å². The fourth-order valence-electron chi connectivity index (χ4n) is 5.25. The summed E-state index contributed by atoms with van der Waals surface area (Å²) in [5, 5.41) is 11.1. The number of aliphatic hydroxyl groups is 1. The third-order valence-corrected chi connectivity index (χ3v) is 8.45. The molecule has 1 atom stereocenters. The van der Waals surface area contributed by atoms with Gasteiger partial charge in [-0.2, -0.15) is 0 Å². The van der Waals surface area contributed by atoms with Crippen molar-refractivity contribution in [3.63, 3.8) is 0 Å². The van der Waals surface area contributed by atoms with E-state index in [1.165, 1.54) is 17.3 Å². The molecule has 2 aliphatic rings. The molecule has 8 nitrogen and oxygen atoms in total. The van der Waals surface area contributed by atoms with Crippen LogP contribution in [0.5, 0.6) is 0 Å². The lowest BCUT2D eigenvalue weighted by Crippen LogP contribution is -2.45. The number of aromatic amines is 1. The molecule has 4 N–H and O–H groups in total. The third-order valence-electron chi connectivity index (χ3n) is 7.12. The molecule has 0 radical (unpaired) electrons. The molecule has 0 saturated carbocycles. The number of aromatic nitrogens is 5. The van der Waals surface area contributed by atoms with Gasteiger partial charge in [-0.1, -0.05) is 29.4 Å². The predicted molar refractivity (Wildman–Crippen MR) is 132 cm³/mol. The van der Waals surface area contributed by atoms with Crippen LogP contribution in [0.25, 0.3) is 11.0 Å². The second kappa shape index (κ2) is 8.49. The lowest BCUT2D eigenvalue weighted by Gasteiger charge is -2.42. The number of H-pyrrole nitrogens is 1. The summed E-state index contributed by atoms with van der Waals surface area (Å²) in [6, 6.07) is 7.91. The van der Waals surface area contributed by atoms with E-state index in [9.17, 15) is 5.11 Å². The van der Waals surface area contributed by atoms with Crippen molar-refractivity contribution in [1.29, 1.82) is 0 Å². The van der Waals surface area contributed by atoms with Gasteiger partial charge in [0.2, 0.25) is 0 Å². The van der Waals surface area contributed by atoms with Crippen molar-refractivity contribution >= 4 is 40.2 Å². The molecule has 174 valence electrons. The summed E-state index contributed by atoms with van der Waals surface area (Å²) in [6.07, 6.45) is 8.24. The first-order chi connectivity index (χ1) is 16.6. The van der Waals surface area contributed by atoms with Crippen molar-refractivity contribution in [3.05, 3.63) is 65.0 Å². The first kappa shape index (κ1) is 21.8. The largest absolute Gasteiger partial charge is 0.390 e. The third kappa shape index (κ3) is 3.63. The van der Waals surface area contributed by atoms with Crippen LogP contribution in [0.2, 0.25) is 5.15 Å². The number of anilines is 1. The number of halogens is 1. The molecular weight excluding hydrogens is 470 g/mol. The van der Waals surface area contributed by atoms with Gasteiger partial charge in [-0.15, -0.1) is 0 Å². The van der Waals surface area contributed by atoms with Crippen molar-refractivity contribution < 1.29 is 5.11 Å². The van der Waals surface area contributed by atoms with Gasteiger partial charge >= 0.3 is 0 Å². The molecular formula is C24H24ClN7OS. The number of piperidine rings is 1. The van der Waals surface area contributed by atoms with Gasteiger partial charge in [0.15, 0.2) is 5.82 Å². The minimum Gasteiger partial charge on any atom is -0.390 e. The Morgan fingerprint density at radius 3 is 2.88 bits per heavy atom. The topological polar surface area (TPSA) is 117 Å². The Bertz CT molecular complexity index is 1370. The number of nitrogens with two attached hydrogens (primary N) is 1. The summed E-state index contributed by atoms with van der Waals surface area (Å²) in [7, 11) is 0. The fraction of sp³-hybridized carbons (Fsp3) is 0.333. The highest BCUT2D eigenvalue weighted by Crippen LogP contribution is 2.50. The van der Waals surface area contributed by atoms with E-state index >= 15 is 0 Å². The second-order valence-corrected chi connectivity index (χ2v) is 10.4. The summed E-state index contributed by atoms with van der Waals surface area (Å²) in [5.41, 5.74) is 11.3. The van der Waals surface area contributed by atoms with Crippen molar-refractivity contribution in [2.75, 3.05) is 18.0 Å². The second-order valence-electron chi connectivity index (χ2n) is 8.97. The molecule has 34 heavy (non-hydrogen) atoms. The van der Waals surface area contributed by atoms with Crippen LogP contribution in [0.3, 0.4) is 0 Å². The lowest BCUT2D eigenvalue weighted by atomic mass is 9.73. The standard InChI is InChI=1S/C24H24ClN7OS/c25-22-19(10-16-15(31-22)3-7-28-16)34-20-12-29-23(18(13-33)30-20)32-8-4-24(5-9-32)11-17-14(21(24)26)2-1-6-27-17/h1-3,6-7,10,12,21,28,33H,4-5,8-9,11,13,26H2/t21-/m1/s1. The molecule has 10 heteroatoms. The molecule has 1 fully saturated rings. The maximum Gasteiger partial charge on any atom is 0.152 e. The van der Waals surface area contributed by atoms with E-state index in [2.05, 4.69) is 30.9 Å². The number of fused-ring (bicyclic) bond motifs is 2. The minimum absolute atomic E-state index is 0.0101. The number of aliphatic hydroxyl groups excluding tert-OH is 1. The van der Waals surface area contributed by atoms with Crippen LogP contribution in [0.4, 0.5) is 5.82 Å². The van der Waals surface area contributed by atoms with E-state index in [0.717, 1.165) is 59.8 Å². The van der Waals surface area contributed by atoms with Crippen molar-refractivity contribution in [3.8, 4) is 0 Å². The first-order valence-corrected chi connectivity index (χ1v) is 12.5. The van der Waals surface area contributed by atoms with Crippen LogP contribution in [0.15, 0.2) is 52.8 Å². The van der Waals surface area contributed by atoms with Crippen LogP contribution in [0, 0.1) is 5.41 Å². The van der Waals surface area contributed by atoms with Crippen LogP contribution in [-0.2, 0) is 13.0 Å². The molecule has 1 aliphatic heterocycles. The first-order valence-electron chi connectivity index (χ1n) is 11.3. The van der Waals surface area contributed by atoms with E-state index in [1.54, 1.807) is 6.20 Å². The van der Waals surface area contributed by atoms with Gasteiger partial charge in [0.05, 0.1) is 28.7 Å². The predicted octanol–water partition coefficient (Wildman–Crippen LogP) is 3.89. The Kier molecular flexibility index (Phi) is 5.44. The molecule has 0 unspecified atom stereocenters. The Morgan fingerprint density at radius 2 is 2.09 bits per heavy atom. The summed E-state index contributed by atoms with van der Waals surface area (Å²) in [5.74, 6) is 0.730. The number of nitrogens with zero attached hydrogens (tertiary/aromatic N) is 5. The highest BCUT2D eigenvalue weighted by molar-refractivity contribution is 7.99. The van der Waals surface area contributed by atoms with Gasteiger partial charge < -0.3 is 20.7 Å². The molecule has 0 aromatic carbocycles. The fourth-order valence-corrected chi connectivity index (χ4v) is 6.31. The van der Waals surface area contributed by atoms with Gasteiger partial charge in [-0.25, -0.2) is 15.0 Å². The SMILES string of the molecule is N[C@@H]1c2cccnc2CC12CCN(c1ncc(Sc3cc4[nH]ccc4nc3Cl)nc1CO)CC2. The van der Waals surface area contributed by atoms with Crippen LogP contribution >= 0.6 is 23.4 Å². The number of rotatable bonds is 4. The van der Waals surface area contributed by atoms with E-state index < -0.39 is 0 Å². The van der Waals surface area contributed by atoms with Crippen LogP contribution in [-0.4, -0.2) is 43.1 Å². The zero-order chi connectivity index (χ0) is 23.3. The molecule has 0 bridgehead atoms. The normalized spacial score (nSPS) is 19.1. The lowest BCUT2D eigenvalue weighted by molar-refractivity contribution is 0.186. The van der Waals surface area contributed by atoms with E-state index in [0.29, 0.717) is 15.9 Å². The maximum atomic E-state index is 10.1. The van der Waals surface area contributed by atoms with E-state index in [1.807, 2.05) is 30.6 Å². The van der Waals surface area contributed by atoms with Crippen LogP contribution < -0.4 is 10.6 Å². The molecule has 1 aliphatic carbocycles. The molecule has 1 spiro atoms. The monoisotopic (exact) mass is 493 g/mol. The number of pyridine rings is 2. The van der Waals surface area contributed by atoms with Gasteiger partial charge in [0.1, 0.15) is 15.9 Å². The van der Waals surface area contributed by atoms with Crippen LogP contribution in [0.1, 0.15) is 35.8 Å². The zero-order valence-electron chi connectivity index (χ0n) is 18.4. The summed E-state index contributed by atoms with van der Waals surface area (Å²) >= 11 is 7.76. The molecule has 4 aromatic heterocycles. The van der Waals surface area contributed by atoms with Crippen molar-refractivity contribution in [2.45, 2.75) is 41.8 Å². The number of hydrogen-bond acceptors (Lipinski definition) is 8. The molecule has 0 amide bonds. The molecule has 1 saturated heterocycles. The molecule has 5 heterocycles. The Hall–Kier alpha value is -2.72. The Morgan fingerprint density at radius 1 is 1.24 bits per heavy atom. The Balaban J connectivity index is 1.20. The highest BCUT2D eigenvalue weighted by atomic mass is 35.5. The van der Waals surface area contributed by atoms with E-state index in [4.69, 9.17) is 22.3 Å². The van der Waals surface area contributed by atoms with Crippen molar-refractivity contribution in [2.24, 2.45) is 11.1 Å². The molecule has 4 aromatic rings. The number of nitrogens with one attached hydrogen (secondary N) is 1. The summed E-state index contributed by atoms with van der Waals surface area (Å²) in [6.45, 7) is 1.44. The quantitative estimate of drug-likeness (QED) is 0.366.